The van der Waals surface area contributed by atoms with E-state index in [1.807, 2.05) is 36.4 Å². The zero-order valence-electron chi connectivity index (χ0n) is 18.5. The van der Waals surface area contributed by atoms with Crippen molar-refractivity contribution >= 4 is 35.2 Å². The Morgan fingerprint density at radius 1 is 1.06 bits per heavy atom. The van der Waals surface area contributed by atoms with Crippen LogP contribution < -0.4 is 9.64 Å². The van der Waals surface area contributed by atoms with E-state index in [0.717, 1.165) is 5.56 Å². The quantitative estimate of drug-likeness (QED) is 0.326. The van der Waals surface area contributed by atoms with Crippen LogP contribution >= 0.6 is 11.6 Å². The second kappa shape index (κ2) is 9.93. The van der Waals surface area contributed by atoms with Gasteiger partial charge < -0.3 is 9.47 Å². The van der Waals surface area contributed by atoms with E-state index >= 15 is 0 Å². The van der Waals surface area contributed by atoms with Gasteiger partial charge in [0.15, 0.2) is 0 Å². The first-order valence-corrected chi connectivity index (χ1v) is 10.8. The van der Waals surface area contributed by atoms with Gasteiger partial charge in [0.25, 0.3) is 5.91 Å². The summed E-state index contributed by atoms with van der Waals surface area (Å²) in [6.07, 6.45) is 1.61. The molecule has 0 unspecified atom stereocenters. The lowest BCUT2D eigenvalue weighted by atomic mass is 10.0. The molecule has 3 aromatic rings. The van der Waals surface area contributed by atoms with Gasteiger partial charge >= 0.3 is 5.97 Å². The van der Waals surface area contributed by atoms with Crippen LogP contribution in [0.2, 0.25) is 5.02 Å². The Morgan fingerprint density at radius 3 is 2.53 bits per heavy atom. The molecule has 0 atom stereocenters. The van der Waals surface area contributed by atoms with E-state index in [4.69, 9.17) is 21.1 Å². The zero-order valence-corrected chi connectivity index (χ0v) is 19.3. The molecule has 0 spiro atoms. The van der Waals surface area contributed by atoms with E-state index in [-0.39, 0.29) is 16.2 Å². The molecule has 4 rings (SSSR count). The van der Waals surface area contributed by atoms with Gasteiger partial charge in [0, 0.05) is 5.70 Å². The Balaban J connectivity index is 1.68. The van der Waals surface area contributed by atoms with Gasteiger partial charge in [-0.2, -0.15) is 0 Å². The van der Waals surface area contributed by atoms with Crippen LogP contribution in [-0.2, 0) is 20.9 Å². The number of hydrogen-bond donors (Lipinski definition) is 0. The Kier molecular flexibility index (Phi) is 6.80. The number of hydrogen-bond acceptors (Lipinski definition) is 4. The molecule has 1 aliphatic heterocycles. The average Bonchev–Trinajstić information content (AvgIpc) is 3.09. The van der Waals surface area contributed by atoms with E-state index in [1.165, 1.54) is 30.2 Å². The molecule has 1 heterocycles. The summed E-state index contributed by atoms with van der Waals surface area (Å²) in [7, 11) is 1.25. The molecular weight excluding hydrogens is 457 g/mol. The summed E-state index contributed by atoms with van der Waals surface area (Å²) >= 11 is 5.92. The van der Waals surface area contributed by atoms with E-state index in [2.05, 4.69) is 0 Å². The monoisotopic (exact) mass is 477 g/mol. The summed E-state index contributed by atoms with van der Waals surface area (Å²) in [6.45, 7) is 2.02. The van der Waals surface area contributed by atoms with Gasteiger partial charge in [-0.3, -0.25) is 9.69 Å². The maximum atomic E-state index is 13.7. The molecule has 0 bridgehead atoms. The number of anilines is 1. The summed E-state index contributed by atoms with van der Waals surface area (Å²) < 4.78 is 24.5. The van der Waals surface area contributed by atoms with Gasteiger partial charge in [0.05, 0.1) is 29.0 Å². The highest BCUT2D eigenvalue weighted by molar-refractivity contribution is 6.31. The molecule has 0 saturated carbocycles. The minimum absolute atomic E-state index is 0.126. The highest BCUT2D eigenvalue weighted by Crippen LogP contribution is 2.37. The number of carbonyl (C=O) groups excluding carboxylic acids is 2. The summed E-state index contributed by atoms with van der Waals surface area (Å²) in [5, 5.41) is -0.126. The predicted octanol–water partition coefficient (Wildman–Crippen LogP) is 5.94. The van der Waals surface area contributed by atoms with Crippen molar-refractivity contribution in [3.05, 3.63) is 112 Å². The molecule has 0 N–H and O–H groups in total. The number of allylic oxidation sites excluding steroid dienone is 1. The van der Waals surface area contributed by atoms with Crippen LogP contribution in [0.25, 0.3) is 6.08 Å². The summed E-state index contributed by atoms with van der Waals surface area (Å²) in [6, 6.07) is 20.9. The largest absolute Gasteiger partial charge is 0.489 e. The lowest BCUT2D eigenvalue weighted by Gasteiger charge is -2.18. The van der Waals surface area contributed by atoms with Crippen molar-refractivity contribution in [3.63, 3.8) is 0 Å². The van der Waals surface area contributed by atoms with Crippen LogP contribution in [0.1, 0.15) is 18.1 Å². The van der Waals surface area contributed by atoms with E-state index < -0.39 is 17.7 Å². The third kappa shape index (κ3) is 4.72. The van der Waals surface area contributed by atoms with Crippen molar-refractivity contribution < 1.29 is 23.5 Å². The smallest absolute Gasteiger partial charge is 0.340 e. The minimum Gasteiger partial charge on any atom is -0.489 e. The second-order valence-corrected chi connectivity index (χ2v) is 8.00. The predicted molar refractivity (Wildman–Crippen MR) is 129 cm³/mol. The van der Waals surface area contributed by atoms with Crippen molar-refractivity contribution in [1.82, 2.24) is 0 Å². The van der Waals surface area contributed by atoms with Gasteiger partial charge in [-0.15, -0.1) is 0 Å². The van der Waals surface area contributed by atoms with Gasteiger partial charge in [-0.25, -0.2) is 9.18 Å². The Hall–Kier alpha value is -3.90. The third-order valence-corrected chi connectivity index (χ3v) is 5.66. The first-order chi connectivity index (χ1) is 16.4. The average molecular weight is 478 g/mol. The van der Waals surface area contributed by atoms with Crippen LogP contribution in [0.15, 0.2) is 89.6 Å². The normalized spacial score (nSPS) is 14.6. The molecule has 0 saturated heterocycles. The maximum absolute atomic E-state index is 13.7. The molecule has 0 aromatic heterocycles. The van der Waals surface area contributed by atoms with E-state index in [0.29, 0.717) is 29.3 Å². The van der Waals surface area contributed by atoms with Crippen molar-refractivity contribution in [2.45, 2.75) is 13.5 Å². The fourth-order valence-corrected chi connectivity index (χ4v) is 3.89. The summed E-state index contributed by atoms with van der Waals surface area (Å²) in [5.41, 5.74) is 2.69. The SMILES string of the molecule is COC(=O)C1=C(C)N(c2ccc(F)c(Cl)c2)C(=O)/C1=C\c1cccc(OCc2ccccc2)c1. The lowest BCUT2D eigenvalue weighted by Crippen LogP contribution is -2.24. The molecule has 0 fully saturated rings. The molecule has 7 heteroatoms. The van der Waals surface area contributed by atoms with Crippen molar-refractivity contribution in [2.75, 3.05) is 12.0 Å². The Bertz CT molecular complexity index is 1320. The number of ether oxygens (including phenoxy) is 2. The van der Waals surface area contributed by atoms with Crippen LogP contribution in [0.5, 0.6) is 5.75 Å². The summed E-state index contributed by atoms with van der Waals surface area (Å²) in [4.78, 5) is 27.3. The molecule has 172 valence electrons. The molecular formula is C27H21ClFNO4. The molecule has 0 radical (unpaired) electrons. The van der Waals surface area contributed by atoms with Crippen LogP contribution in [0.3, 0.4) is 0 Å². The van der Waals surface area contributed by atoms with Gasteiger partial charge in [0.2, 0.25) is 0 Å². The number of halogens is 2. The third-order valence-electron chi connectivity index (χ3n) is 5.37. The Labute approximate surface area is 201 Å². The van der Waals surface area contributed by atoms with Crippen molar-refractivity contribution in [1.29, 1.82) is 0 Å². The molecule has 3 aromatic carbocycles. The maximum Gasteiger partial charge on any atom is 0.340 e. The highest BCUT2D eigenvalue weighted by Gasteiger charge is 2.38. The number of amides is 1. The highest BCUT2D eigenvalue weighted by atomic mass is 35.5. The number of nitrogens with zero attached hydrogens (tertiary/aromatic N) is 1. The van der Waals surface area contributed by atoms with Crippen LogP contribution in [0.4, 0.5) is 10.1 Å². The second-order valence-electron chi connectivity index (χ2n) is 7.60. The van der Waals surface area contributed by atoms with Crippen LogP contribution in [0, 0.1) is 5.82 Å². The summed E-state index contributed by atoms with van der Waals surface area (Å²) in [5.74, 6) is -1.08. The fourth-order valence-electron chi connectivity index (χ4n) is 3.72. The Morgan fingerprint density at radius 2 is 1.82 bits per heavy atom. The number of esters is 1. The molecule has 1 aliphatic rings. The standard InChI is InChI=1S/C27H21ClFNO4/c1-17-25(27(32)33-2)22(26(31)30(17)20-11-12-24(29)23(28)15-20)14-19-9-6-10-21(13-19)34-16-18-7-4-3-5-8-18/h3-15H,16H2,1-2H3/b22-14-. The topological polar surface area (TPSA) is 55.8 Å². The number of rotatable bonds is 6. The zero-order chi connectivity index (χ0) is 24.2. The van der Waals surface area contributed by atoms with Gasteiger partial charge in [0.1, 0.15) is 18.2 Å². The van der Waals surface area contributed by atoms with E-state index in [9.17, 15) is 14.0 Å². The molecule has 34 heavy (non-hydrogen) atoms. The minimum atomic E-state index is -0.649. The molecule has 0 aliphatic carbocycles. The first kappa shape index (κ1) is 23.3. The molecule has 5 nitrogen and oxygen atoms in total. The number of benzene rings is 3. The first-order valence-electron chi connectivity index (χ1n) is 10.5. The molecule has 1 amide bonds. The number of methoxy groups -OCH3 is 1. The fraction of sp³-hybridized carbons (Fsp3) is 0.111. The van der Waals surface area contributed by atoms with Crippen molar-refractivity contribution in [3.8, 4) is 5.75 Å². The van der Waals surface area contributed by atoms with Crippen LogP contribution in [-0.4, -0.2) is 19.0 Å². The lowest BCUT2D eigenvalue weighted by molar-refractivity contribution is -0.136. The van der Waals surface area contributed by atoms with Crippen molar-refractivity contribution in [2.24, 2.45) is 0 Å². The van der Waals surface area contributed by atoms with Gasteiger partial charge in [-0.05, 0) is 54.5 Å². The van der Waals surface area contributed by atoms with Gasteiger partial charge in [-0.1, -0.05) is 54.1 Å². The van der Waals surface area contributed by atoms with E-state index in [1.54, 1.807) is 31.2 Å². The number of carbonyl (C=O) groups is 2.